The van der Waals surface area contributed by atoms with E-state index in [4.69, 9.17) is 4.74 Å². The topological polar surface area (TPSA) is 72.6 Å². The number of hydrogen-bond acceptors (Lipinski definition) is 5. The molecule has 8 heteroatoms. The molecule has 0 saturated carbocycles. The summed E-state index contributed by atoms with van der Waals surface area (Å²) in [5.41, 5.74) is 1.90. The number of para-hydroxylation sites is 1. The van der Waals surface area contributed by atoms with Gasteiger partial charge in [-0.2, -0.15) is 9.78 Å². The average molecular weight is 450 g/mol. The molecule has 5 rings (SSSR count). The largest absolute Gasteiger partial charge is 0.376 e. The Labute approximate surface area is 193 Å². The van der Waals surface area contributed by atoms with Crippen LogP contribution in [0.2, 0.25) is 0 Å². The minimum absolute atomic E-state index is 0.0597. The lowest BCUT2D eigenvalue weighted by molar-refractivity contribution is 0.0635. The van der Waals surface area contributed by atoms with Crippen molar-refractivity contribution in [2.24, 2.45) is 0 Å². The third kappa shape index (κ3) is 4.45. The smallest absolute Gasteiger partial charge is 0.282 e. The summed E-state index contributed by atoms with van der Waals surface area (Å²) in [6.45, 7) is 7.73. The van der Waals surface area contributed by atoms with Gasteiger partial charge in [-0.1, -0.05) is 25.1 Å². The maximum absolute atomic E-state index is 13.6. The fourth-order valence-corrected chi connectivity index (χ4v) is 4.85. The number of amides is 1. The van der Waals surface area contributed by atoms with Crippen LogP contribution in [0.5, 0.6) is 0 Å². The maximum atomic E-state index is 13.6. The number of carbonyl (C=O) groups excluding carboxylic acids is 1. The first-order valence-corrected chi connectivity index (χ1v) is 12.0. The molecule has 2 saturated heterocycles. The van der Waals surface area contributed by atoms with Crippen molar-refractivity contribution in [2.45, 2.75) is 38.8 Å². The molecule has 4 heterocycles. The maximum Gasteiger partial charge on any atom is 0.282 e. The van der Waals surface area contributed by atoms with Gasteiger partial charge in [0.1, 0.15) is 5.69 Å². The van der Waals surface area contributed by atoms with Crippen molar-refractivity contribution in [2.75, 3.05) is 39.3 Å². The van der Waals surface area contributed by atoms with Crippen LogP contribution in [-0.4, -0.2) is 75.5 Å². The number of hydrogen-bond donors (Lipinski definition) is 0. The van der Waals surface area contributed by atoms with E-state index in [0.717, 1.165) is 45.5 Å². The van der Waals surface area contributed by atoms with Gasteiger partial charge in [0.15, 0.2) is 0 Å². The molecule has 33 heavy (non-hydrogen) atoms. The second-order valence-electron chi connectivity index (χ2n) is 8.95. The summed E-state index contributed by atoms with van der Waals surface area (Å²) < 4.78 is 9.15. The fourth-order valence-electron chi connectivity index (χ4n) is 4.85. The van der Waals surface area contributed by atoms with Crippen LogP contribution >= 0.6 is 0 Å². The van der Waals surface area contributed by atoms with Crippen molar-refractivity contribution < 1.29 is 9.53 Å². The first-order chi connectivity index (χ1) is 16.1. The molecule has 0 radical (unpaired) electrons. The van der Waals surface area contributed by atoms with Crippen molar-refractivity contribution in [3.8, 4) is 16.9 Å². The van der Waals surface area contributed by atoms with Gasteiger partial charge < -0.3 is 14.2 Å². The van der Waals surface area contributed by atoms with Crippen molar-refractivity contribution in [3.63, 3.8) is 0 Å². The molecule has 0 aliphatic carbocycles. The van der Waals surface area contributed by atoms with E-state index in [1.807, 2.05) is 52.2 Å². The predicted octanol–water partition coefficient (Wildman–Crippen LogP) is 2.49. The minimum atomic E-state index is -0.209. The van der Waals surface area contributed by atoms with E-state index in [1.165, 1.54) is 4.68 Å². The highest BCUT2D eigenvalue weighted by atomic mass is 16.5. The zero-order valence-corrected chi connectivity index (χ0v) is 19.2. The molecule has 4 aliphatic heterocycles. The van der Waals surface area contributed by atoms with E-state index in [1.54, 1.807) is 0 Å². The summed E-state index contributed by atoms with van der Waals surface area (Å²) in [5.74, 6) is -0.0597. The lowest BCUT2D eigenvalue weighted by atomic mass is 10.1. The van der Waals surface area contributed by atoms with Gasteiger partial charge in [0.2, 0.25) is 0 Å². The fraction of sp³-hybridized carbons (Fsp3) is 0.480. The Kier molecular flexibility index (Phi) is 6.28. The number of ether oxygens (including phenoxy) is 1. The monoisotopic (exact) mass is 449 g/mol. The highest BCUT2D eigenvalue weighted by Gasteiger charge is 2.29. The molecule has 1 aromatic carbocycles. The SMILES string of the molecule is CCCN1CCN(C(=O)c2cn(C[C@@H]3CCCO3)cc3c(=O)n(-c4ccccc4)nc2-3)CC1. The van der Waals surface area contributed by atoms with Gasteiger partial charge in [-0.3, -0.25) is 14.5 Å². The van der Waals surface area contributed by atoms with Gasteiger partial charge in [0.25, 0.3) is 11.5 Å². The molecule has 0 unspecified atom stereocenters. The van der Waals surface area contributed by atoms with Crippen LogP contribution in [0.3, 0.4) is 0 Å². The normalized spacial score (nSPS) is 19.4. The Hall–Kier alpha value is -2.97. The Balaban J connectivity index is 1.52. The van der Waals surface area contributed by atoms with Crippen molar-refractivity contribution in [1.29, 1.82) is 0 Å². The highest BCUT2D eigenvalue weighted by Crippen LogP contribution is 2.25. The van der Waals surface area contributed by atoms with Crippen molar-refractivity contribution in [3.05, 3.63) is 58.6 Å². The summed E-state index contributed by atoms with van der Waals surface area (Å²) in [6.07, 6.45) is 6.92. The van der Waals surface area contributed by atoms with E-state index in [0.29, 0.717) is 42.1 Å². The Morgan fingerprint density at radius 2 is 1.91 bits per heavy atom. The second kappa shape index (κ2) is 9.49. The van der Waals surface area contributed by atoms with Crippen LogP contribution in [0.4, 0.5) is 0 Å². The Bertz CT molecular complexity index is 1120. The van der Waals surface area contributed by atoms with E-state index in [9.17, 15) is 9.59 Å². The summed E-state index contributed by atoms with van der Waals surface area (Å²) in [6, 6.07) is 9.35. The van der Waals surface area contributed by atoms with E-state index in [2.05, 4.69) is 16.9 Å². The van der Waals surface area contributed by atoms with E-state index < -0.39 is 0 Å². The zero-order valence-electron chi connectivity index (χ0n) is 19.2. The highest BCUT2D eigenvalue weighted by molar-refractivity contribution is 6.00. The average Bonchev–Trinajstić information content (AvgIpc) is 3.47. The first kappa shape index (κ1) is 21.9. The summed E-state index contributed by atoms with van der Waals surface area (Å²) in [5, 5.41) is 4.62. The number of rotatable bonds is 6. The number of piperazine rings is 1. The third-order valence-corrected chi connectivity index (χ3v) is 6.59. The first-order valence-electron chi connectivity index (χ1n) is 12.0. The molecule has 1 atom stereocenters. The molecular formula is C25H31N5O3. The molecule has 2 fully saturated rings. The number of benzene rings is 1. The molecule has 0 N–H and O–H groups in total. The molecular weight excluding hydrogens is 418 g/mol. The van der Waals surface area contributed by atoms with Gasteiger partial charge >= 0.3 is 0 Å². The second-order valence-corrected chi connectivity index (χ2v) is 8.95. The van der Waals surface area contributed by atoms with Crippen LogP contribution in [0.1, 0.15) is 36.5 Å². The van der Waals surface area contributed by atoms with Crippen LogP contribution in [0, 0.1) is 0 Å². The van der Waals surface area contributed by atoms with Crippen LogP contribution in [-0.2, 0) is 11.3 Å². The Morgan fingerprint density at radius 1 is 1.12 bits per heavy atom. The van der Waals surface area contributed by atoms with Crippen molar-refractivity contribution >= 4 is 5.91 Å². The van der Waals surface area contributed by atoms with Crippen LogP contribution < -0.4 is 5.56 Å². The van der Waals surface area contributed by atoms with Gasteiger partial charge in [-0.25, -0.2) is 0 Å². The summed E-state index contributed by atoms with van der Waals surface area (Å²) in [7, 11) is 0. The summed E-state index contributed by atoms with van der Waals surface area (Å²) in [4.78, 5) is 31.2. The number of nitrogens with zero attached hydrogens (tertiary/aromatic N) is 5. The molecule has 4 aliphatic rings. The number of fused-ring (bicyclic) bond motifs is 1. The van der Waals surface area contributed by atoms with E-state index in [-0.39, 0.29) is 17.6 Å². The van der Waals surface area contributed by atoms with Crippen LogP contribution in [0.15, 0.2) is 47.5 Å². The minimum Gasteiger partial charge on any atom is -0.376 e. The molecule has 1 amide bonds. The molecule has 1 aromatic rings. The van der Waals surface area contributed by atoms with Gasteiger partial charge in [-0.15, -0.1) is 0 Å². The number of carbonyl (C=O) groups is 1. The molecule has 8 nitrogen and oxygen atoms in total. The summed E-state index contributed by atoms with van der Waals surface area (Å²) >= 11 is 0. The number of aromatic nitrogens is 3. The standard InChI is InChI=1S/C25H31N5O3/c1-2-10-27-11-13-29(14-12-27)24(31)21-17-28(16-20-9-6-15-33-20)18-22-23(21)26-30(25(22)32)19-7-4-3-5-8-19/h3-5,7-8,17-18,20H,2,6,9-16H2,1H3/t20-/m0/s1. The third-order valence-electron chi connectivity index (χ3n) is 6.59. The van der Waals surface area contributed by atoms with Crippen molar-refractivity contribution in [1.82, 2.24) is 24.1 Å². The lowest BCUT2D eigenvalue weighted by Gasteiger charge is -2.34. The zero-order chi connectivity index (χ0) is 22.8. The molecule has 0 bridgehead atoms. The number of pyridine rings is 1. The van der Waals surface area contributed by atoms with Gasteiger partial charge in [0, 0.05) is 51.7 Å². The van der Waals surface area contributed by atoms with Gasteiger partial charge in [-0.05, 0) is 37.9 Å². The molecule has 0 spiro atoms. The molecule has 0 aromatic heterocycles. The van der Waals surface area contributed by atoms with E-state index >= 15 is 0 Å². The molecule has 174 valence electrons. The van der Waals surface area contributed by atoms with Crippen LogP contribution in [0.25, 0.3) is 16.9 Å². The lowest BCUT2D eigenvalue weighted by Crippen LogP contribution is -2.49. The predicted molar refractivity (Wildman–Crippen MR) is 126 cm³/mol. The Morgan fingerprint density at radius 3 is 2.61 bits per heavy atom. The van der Waals surface area contributed by atoms with Gasteiger partial charge in [0.05, 0.1) is 22.9 Å². The quantitative estimate of drug-likeness (QED) is 0.578.